The largest absolute Gasteiger partial charge is 0.481 e. The molecule has 3 N–H and O–H groups in total. The molecule has 0 fully saturated rings. The van der Waals surface area contributed by atoms with E-state index in [9.17, 15) is 9.59 Å². The number of aryl methyl sites for hydroxylation is 1. The Kier molecular flexibility index (Phi) is 6.71. The van der Waals surface area contributed by atoms with Gasteiger partial charge in [-0.1, -0.05) is 13.8 Å². The molecule has 7 nitrogen and oxygen atoms in total. The van der Waals surface area contributed by atoms with Crippen LogP contribution < -0.4 is 10.6 Å². The van der Waals surface area contributed by atoms with Gasteiger partial charge in [-0.15, -0.1) is 0 Å². The maximum Gasteiger partial charge on any atom is 0.314 e. The SMILES string of the molecule is CC(C)CC(CNC(=O)NCCc1ccn(C)n1)C(=O)O. The molecule has 2 amide bonds. The number of nitrogens with one attached hydrogen (secondary N) is 2. The summed E-state index contributed by atoms with van der Waals surface area (Å²) < 4.78 is 1.71. The highest BCUT2D eigenvalue weighted by Gasteiger charge is 2.19. The number of hydrogen-bond acceptors (Lipinski definition) is 3. The predicted molar refractivity (Wildman–Crippen MR) is 78.9 cm³/mol. The highest BCUT2D eigenvalue weighted by Crippen LogP contribution is 2.10. The summed E-state index contributed by atoms with van der Waals surface area (Å²) in [6, 6.07) is 1.55. The number of nitrogens with zero attached hydrogens (tertiary/aromatic N) is 2. The van der Waals surface area contributed by atoms with Crippen LogP contribution in [0.3, 0.4) is 0 Å². The molecular formula is C14H24N4O3. The lowest BCUT2D eigenvalue weighted by atomic mass is 9.97. The summed E-state index contributed by atoms with van der Waals surface area (Å²) in [5.74, 6) is -1.15. The molecule has 0 aliphatic rings. The van der Waals surface area contributed by atoms with Crippen LogP contribution in [-0.4, -0.2) is 40.0 Å². The fourth-order valence-electron chi connectivity index (χ4n) is 2.02. The number of hydrogen-bond donors (Lipinski definition) is 3. The van der Waals surface area contributed by atoms with Gasteiger partial charge in [-0.05, 0) is 18.4 Å². The van der Waals surface area contributed by atoms with Gasteiger partial charge in [0.1, 0.15) is 0 Å². The average molecular weight is 296 g/mol. The molecular weight excluding hydrogens is 272 g/mol. The molecule has 1 rings (SSSR count). The van der Waals surface area contributed by atoms with Crippen molar-refractivity contribution in [3.05, 3.63) is 18.0 Å². The average Bonchev–Trinajstić information content (AvgIpc) is 2.79. The lowest BCUT2D eigenvalue weighted by Crippen LogP contribution is -2.40. The van der Waals surface area contributed by atoms with Crippen LogP contribution in [0.4, 0.5) is 4.79 Å². The smallest absolute Gasteiger partial charge is 0.314 e. The van der Waals surface area contributed by atoms with Crippen molar-refractivity contribution in [3.63, 3.8) is 0 Å². The molecule has 0 aromatic carbocycles. The summed E-state index contributed by atoms with van der Waals surface area (Å²) in [7, 11) is 1.84. The Hall–Kier alpha value is -2.05. The van der Waals surface area contributed by atoms with Crippen molar-refractivity contribution in [1.29, 1.82) is 0 Å². The van der Waals surface area contributed by atoms with E-state index >= 15 is 0 Å². The molecule has 1 unspecified atom stereocenters. The van der Waals surface area contributed by atoms with Crippen LogP contribution in [0.25, 0.3) is 0 Å². The summed E-state index contributed by atoms with van der Waals surface area (Å²) in [6.07, 6.45) is 3.03. The van der Waals surface area contributed by atoms with Crippen molar-refractivity contribution >= 4 is 12.0 Å². The zero-order valence-corrected chi connectivity index (χ0v) is 12.8. The highest BCUT2D eigenvalue weighted by molar-refractivity contribution is 5.75. The third-order valence-corrected chi connectivity index (χ3v) is 3.05. The third-order valence-electron chi connectivity index (χ3n) is 3.05. The molecule has 1 atom stereocenters. The zero-order chi connectivity index (χ0) is 15.8. The minimum Gasteiger partial charge on any atom is -0.481 e. The van der Waals surface area contributed by atoms with Crippen molar-refractivity contribution in [2.45, 2.75) is 26.7 Å². The van der Waals surface area contributed by atoms with Crippen molar-refractivity contribution in [3.8, 4) is 0 Å². The molecule has 1 aromatic rings. The fraction of sp³-hybridized carbons (Fsp3) is 0.643. The zero-order valence-electron chi connectivity index (χ0n) is 12.8. The van der Waals surface area contributed by atoms with Gasteiger partial charge in [-0.2, -0.15) is 5.10 Å². The van der Waals surface area contributed by atoms with Crippen LogP contribution in [0.2, 0.25) is 0 Å². The van der Waals surface area contributed by atoms with Crippen molar-refractivity contribution < 1.29 is 14.7 Å². The second kappa shape index (κ2) is 8.28. The molecule has 0 saturated heterocycles. The van der Waals surface area contributed by atoms with E-state index in [0.717, 1.165) is 5.69 Å². The van der Waals surface area contributed by atoms with E-state index in [1.807, 2.05) is 33.2 Å². The fourth-order valence-corrected chi connectivity index (χ4v) is 2.02. The minimum atomic E-state index is -0.877. The van der Waals surface area contributed by atoms with Crippen molar-refractivity contribution in [2.75, 3.05) is 13.1 Å². The standard InChI is InChI=1S/C14H24N4O3/c1-10(2)8-11(13(19)20)9-16-14(21)15-6-4-12-5-7-18(3)17-12/h5,7,10-11H,4,6,8-9H2,1-3H3,(H,19,20)(H2,15,16,21). The van der Waals surface area contributed by atoms with Gasteiger partial charge in [0, 0.05) is 32.8 Å². The Labute approximate surface area is 124 Å². The van der Waals surface area contributed by atoms with E-state index < -0.39 is 11.9 Å². The molecule has 0 radical (unpaired) electrons. The second-order valence-corrected chi connectivity index (χ2v) is 5.53. The van der Waals surface area contributed by atoms with E-state index in [1.165, 1.54) is 0 Å². The monoisotopic (exact) mass is 296 g/mol. The molecule has 1 heterocycles. The lowest BCUT2D eigenvalue weighted by Gasteiger charge is -2.15. The number of carbonyl (C=O) groups excluding carboxylic acids is 1. The summed E-state index contributed by atoms with van der Waals surface area (Å²) in [4.78, 5) is 22.7. The number of carbonyl (C=O) groups is 2. The topological polar surface area (TPSA) is 96.3 Å². The Morgan fingerprint density at radius 2 is 2.10 bits per heavy atom. The molecule has 0 bridgehead atoms. The molecule has 1 aromatic heterocycles. The molecule has 118 valence electrons. The number of amides is 2. The molecule has 0 aliphatic carbocycles. The van der Waals surface area contributed by atoms with Gasteiger partial charge in [0.05, 0.1) is 11.6 Å². The number of carboxylic acids is 1. The van der Waals surface area contributed by atoms with Crippen LogP contribution in [0, 0.1) is 11.8 Å². The van der Waals surface area contributed by atoms with Gasteiger partial charge in [0.2, 0.25) is 0 Å². The normalized spacial score (nSPS) is 12.2. The summed E-state index contributed by atoms with van der Waals surface area (Å²) in [5, 5.41) is 18.6. The molecule has 0 spiro atoms. The maximum atomic E-state index is 11.6. The first kappa shape index (κ1) is 17.0. The minimum absolute atomic E-state index is 0.142. The van der Waals surface area contributed by atoms with E-state index in [4.69, 9.17) is 5.11 Å². The van der Waals surface area contributed by atoms with Gasteiger partial charge < -0.3 is 15.7 Å². The number of aromatic nitrogens is 2. The highest BCUT2D eigenvalue weighted by atomic mass is 16.4. The van der Waals surface area contributed by atoms with Gasteiger partial charge in [-0.3, -0.25) is 9.48 Å². The Morgan fingerprint density at radius 1 is 1.38 bits per heavy atom. The number of rotatable bonds is 8. The van der Waals surface area contributed by atoms with E-state index in [1.54, 1.807) is 4.68 Å². The van der Waals surface area contributed by atoms with Crippen molar-refractivity contribution in [2.24, 2.45) is 18.9 Å². The first-order valence-corrected chi connectivity index (χ1v) is 7.11. The Bertz CT molecular complexity index is 471. The van der Waals surface area contributed by atoms with Gasteiger partial charge >= 0.3 is 12.0 Å². The van der Waals surface area contributed by atoms with Gasteiger partial charge in [0.25, 0.3) is 0 Å². The van der Waals surface area contributed by atoms with Crippen LogP contribution in [0.1, 0.15) is 26.0 Å². The van der Waals surface area contributed by atoms with Gasteiger partial charge in [0.15, 0.2) is 0 Å². The second-order valence-electron chi connectivity index (χ2n) is 5.53. The number of urea groups is 1. The predicted octanol–water partition coefficient (Wildman–Crippen LogP) is 1.01. The Morgan fingerprint density at radius 3 is 2.62 bits per heavy atom. The van der Waals surface area contributed by atoms with Gasteiger partial charge in [-0.25, -0.2) is 4.79 Å². The molecule has 21 heavy (non-hydrogen) atoms. The quantitative estimate of drug-likeness (QED) is 0.667. The first-order valence-electron chi connectivity index (χ1n) is 7.11. The molecule has 0 aliphatic heterocycles. The number of aliphatic carboxylic acids is 1. The van der Waals surface area contributed by atoms with Crippen LogP contribution in [0.5, 0.6) is 0 Å². The lowest BCUT2D eigenvalue weighted by molar-refractivity contribution is -0.142. The summed E-state index contributed by atoms with van der Waals surface area (Å²) in [6.45, 7) is 4.53. The first-order chi connectivity index (χ1) is 9.88. The number of carboxylic acid groups (broad SMARTS) is 1. The van der Waals surface area contributed by atoms with E-state index in [2.05, 4.69) is 15.7 Å². The maximum absolute atomic E-state index is 11.6. The molecule has 7 heteroatoms. The van der Waals surface area contributed by atoms with E-state index in [0.29, 0.717) is 19.4 Å². The third kappa shape index (κ3) is 6.78. The van der Waals surface area contributed by atoms with Crippen LogP contribution in [-0.2, 0) is 18.3 Å². The van der Waals surface area contributed by atoms with Crippen LogP contribution in [0.15, 0.2) is 12.3 Å². The summed E-state index contributed by atoms with van der Waals surface area (Å²) >= 11 is 0. The van der Waals surface area contributed by atoms with Crippen molar-refractivity contribution in [1.82, 2.24) is 20.4 Å². The summed E-state index contributed by atoms with van der Waals surface area (Å²) in [5.41, 5.74) is 0.904. The Balaban J connectivity index is 2.24. The molecule has 0 saturated carbocycles. The van der Waals surface area contributed by atoms with Crippen LogP contribution >= 0.6 is 0 Å². The van der Waals surface area contributed by atoms with E-state index in [-0.39, 0.29) is 18.5 Å².